The molecule has 2 aromatic rings. The molecule has 4 rings (SSSR count). The third kappa shape index (κ3) is 2.14. The van der Waals surface area contributed by atoms with Crippen LogP contribution in [0.4, 0.5) is 5.69 Å². The van der Waals surface area contributed by atoms with Crippen LogP contribution < -0.4 is 20.1 Å². The number of hydrogen-bond donors (Lipinski definition) is 2. The highest BCUT2D eigenvalue weighted by molar-refractivity contribution is 6.32. The smallest absolute Gasteiger partial charge is 0.255 e. The van der Waals surface area contributed by atoms with Crippen molar-refractivity contribution in [1.82, 2.24) is 5.32 Å². The predicted molar refractivity (Wildman–Crippen MR) is 82.7 cm³/mol. The van der Waals surface area contributed by atoms with Crippen molar-refractivity contribution in [3.8, 4) is 11.5 Å². The number of anilines is 1. The molecule has 112 valence electrons. The van der Waals surface area contributed by atoms with Gasteiger partial charge in [-0.1, -0.05) is 23.7 Å². The van der Waals surface area contributed by atoms with E-state index in [0.29, 0.717) is 35.3 Å². The van der Waals surface area contributed by atoms with Crippen LogP contribution >= 0.6 is 11.6 Å². The number of fused-ring (bicyclic) bond motifs is 2. The van der Waals surface area contributed by atoms with Crippen molar-refractivity contribution in [2.24, 2.45) is 0 Å². The Kier molecular flexibility index (Phi) is 3.08. The van der Waals surface area contributed by atoms with Gasteiger partial charge >= 0.3 is 0 Å². The van der Waals surface area contributed by atoms with Gasteiger partial charge in [0.15, 0.2) is 11.5 Å². The van der Waals surface area contributed by atoms with Gasteiger partial charge in [-0.25, -0.2) is 0 Å². The van der Waals surface area contributed by atoms with E-state index < -0.39 is 0 Å². The lowest BCUT2D eigenvalue weighted by Gasteiger charge is -2.29. The maximum atomic E-state index is 12.2. The molecule has 22 heavy (non-hydrogen) atoms. The summed E-state index contributed by atoms with van der Waals surface area (Å²) in [6.45, 7) is 0.970. The van der Waals surface area contributed by atoms with Crippen LogP contribution in [0.5, 0.6) is 11.5 Å². The minimum absolute atomic E-state index is 0.120. The summed E-state index contributed by atoms with van der Waals surface area (Å²) in [5, 5.41) is 6.68. The van der Waals surface area contributed by atoms with Gasteiger partial charge in [-0.15, -0.1) is 0 Å². The van der Waals surface area contributed by atoms with Gasteiger partial charge < -0.3 is 20.1 Å². The molecule has 1 atom stereocenters. The molecule has 0 saturated carbocycles. The summed E-state index contributed by atoms with van der Waals surface area (Å²) in [6.07, 6.45) is -0.365. The van der Waals surface area contributed by atoms with E-state index in [0.717, 1.165) is 11.3 Å². The molecule has 2 N–H and O–H groups in total. The first kappa shape index (κ1) is 13.3. The van der Waals surface area contributed by atoms with Crippen LogP contribution in [0.2, 0.25) is 5.02 Å². The molecule has 0 aromatic heterocycles. The minimum Gasteiger partial charge on any atom is -0.486 e. The number of hydrogen-bond acceptors (Lipinski definition) is 4. The second-order valence-electron chi connectivity index (χ2n) is 5.12. The highest BCUT2D eigenvalue weighted by Gasteiger charge is 2.26. The Hall–Kier alpha value is -2.40. The lowest BCUT2D eigenvalue weighted by molar-refractivity contribution is 0.0935. The van der Waals surface area contributed by atoms with E-state index in [1.54, 1.807) is 12.1 Å². The molecule has 1 amide bonds. The monoisotopic (exact) mass is 316 g/mol. The van der Waals surface area contributed by atoms with Gasteiger partial charge in [0.25, 0.3) is 5.91 Å². The number of amides is 1. The van der Waals surface area contributed by atoms with Crippen molar-refractivity contribution in [3.05, 3.63) is 52.5 Å². The number of carbonyl (C=O) groups excluding carboxylic acids is 1. The zero-order chi connectivity index (χ0) is 15.1. The number of para-hydroxylation sites is 1. The van der Waals surface area contributed by atoms with Crippen molar-refractivity contribution in [2.75, 3.05) is 18.5 Å². The number of carbonyl (C=O) groups is 1. The molecule has 0 aliphatic carbocycles. The Morgan fingerprint density at radius 2 is 1.91 bits per heavy atom. The molecule has 0 saturated heterocycles. The molecule has 2 aromatic carbocycles. The fraction of sp³-hybridized carbons (Fsp3) is 0.188. The normalized spacial score (nSPS) is 19.0. The second kappa shape index (κ2) is 5.10. The molecule has 0 bridgehead atoms. The molecule has 2 aliphatic rings. The highest BCUT2D eigenvalue weighted by Crippen LogP contribution is 2.40. The summed E-state index contributed by atoms with van der Waals surface area (Å²) in [7, 11) is 0. The lowest BCUT2D eigenvalue weighted by Crippen LogP contribution is -2.38. The molecular formula is C16H13ClN2O3. The molecule has 2 heterocycles. The SMILES string of the molecule is O=C1NC(c2cc(Cl)c3c(c2)OCCO3)Nc2ccccc21. The van der Waals surface area contributed by atoms with Crippen LogP contribution in [0.3, 0.4) is 0 Å². The number of rotatable bonds is 1. The van der Waals surface area contributed by atoms with Gasteiger partial charge in [-0.2, -0.15) is 0 Å². The summed E-state index contributed by atoms with van der Waals surface area (Å²) in [6, 6.07) is 11.0. The zero-order valence-corrected chi connectivity index (χ0v) is 12.3. The first-order valence-electron chi connectivity index (χ1n) is 6.98. The Morgan fingerprint density at radius 1 is 1.09 bits per heavy atom. The number of ether oxygens (including phenoxy) is 2. The third-order valence-electron chi connectivity index (χ3n) is 3.70. The fourth-order valence-electron chi connectivity index (χ4n) is 2.67. The van der Waals surface area contributed by atoms with E-state index in [1.165, 1.54) is 0 Å². The van der Waals surface area contributed by atoms with Crippen LogP contribution in [0.15, 0.2) is 36.4 Å². The standard InChI is InChI=1S/C16H13ClN2O3/c17-11-7-9(8-13-14(11)22-6-5-21-13)15-18-12-4-2-1-3-10(12)16(20)19-15/h1-4,7-8,15,18H,5-6H2,(H,19,20). The molecule has 0 spiro atoms. The average Bonchev–Trinajstić information content (AvgIpc) is 2.55. The van der Waals surface area contributed by atoms with E-state index in [9.17, 15) is 4.79 Å². The number of benzene rings is 2. The molecule has 0 radical (unpaired) electrons. The van der Waals surface area contributed by atoms with Crippen LogP contribution in [0.1, 0.15) is 22.1 Å². The molecule has 2 aliphatic heterocycles. The summed E-state index contributed by atoms with van der Waals surface area (Å²) in [5.74, 6) is 1.04. The van der Waals surface area contributed by atoms with Crippen LogP contribution in [-0.2, 0) is 0 Å². The molecule has 0 fully saturated rings. The van der Waals surface area contributed by atoms with Crippen LogP contribution in [0, 0.1) is 0 Å². The maximum Gasteiger partial charge on any atom is 0.255 e. The van der Waals surface area contributed by atoms with E-state index in [-0.39, 0.29) is 12.1 Å². The summed E-state index contributed by atoms with van der Waals surface area (Å²) in [5.41, 5.74) is 2.24. The van der Waals surface area contributed by atoms with Gasteiger partial charge in [0, 0.05) is 5.69 Å². The topological polar surface area (TPSA) is 59.6 Å². The molecule has 6 heteroatoms. The predicted octanol–water partition coefficient (Wildman–Crippen LogP) is 2.97. The van der Waals surface area contributed by atoms with Crippen LogP contribution in [-0.4, -0.2) is 19.1 Å². The van der Waals surface area contributed by atoms with Gasteiger partial charge in [0.1, 0.15) is 19.4 Å². The van der Waals surface area contributed by atoms with Gasteiger partial charge in [-0.3, -0.25) is 4.79 Å². The summed E-state index contributed by atoms with van der Waals surface area (Å²) in [4.78, 5) is 12.2. The Labute approximate surface area is 132 Å². The van der Waals surface area contributed by atoms with Gasteiger partial charge in [-0.05, 0) is 29.8 Å². The van der Waals surface area contributed by atoms with E-state index >= 15 is 0 Å². The Bertz CT molecular complexity index is 763. The maximum absolute atomic E-state index is 12.2. The van der Waals surface area contributed by atoms with E-state index in [4.69, 9.17) is 21.1 Å². The Morgan fingerprint density at radius 3 is 2.82 bits per heavy atom. The average molecular weight is 317 g/mol. The summed E-state index contributed by atoms with van der Waals surface area (Å²) >= 11 is 6.26. The highest BCUT2D eigenvalue weighted by atomic mass is 35.5. The van der Waals surface area contributed by atoms with Crippen molar-refractivity contribution in [2.45, 2.75) is 6.17 Å². The van der Waals surface area contributed by atoms with E-state index in [1.807, 2.05) is 24.3 Å². The first-order valence-corrected chi connectivity index (χ1v) is 7.35. The minimum atomic E-state index is -0.365. The second-order valence-corrected chi connectivity index (χ2v) is 5.53. The van der Waals surface area contributed by atoms with Crippen molar-refractivity contribution in [1.29, 1.82) is 0 Å². The third-order valence-corrected chi connectivity index (χ3v) is 3.98. The van der Waals surface area contributed by atoms with Gasteiger partial charge in [0.2, 0.25) is 0 Å². The largest absolute Gasteiger partial charge is 0.486 e. The zero-order valence-electron chi connectivity index (χ0n) is 11.6. The Balaban J connectivity index is 1.72. The van der Waals surface area contributed by atoms with Crippen molar-refractivity contribution < 1.29 is 14.3 Å². The van der Waals surface area contributed by atoms with E-state index in [2.05, 4.69) is 10.6 Å². The van der Waals surface area contributed by atoms with Crippen molar-refractivity contribution >= 4 is 23.2 Å². The quantitative estimate of drug-likeness (QED) is 0.849. The number of nitrogens with one attached hydrogen (secondary N) is 2. The molecule has 5 nitrogen and oxygen atoms in total. The molecule has 1 unspecified atom stereocenters. The lowest BCUT2D eigenvalue weighted by atomic mass is 10.1. The fourth-order valence-corrected chi connectivity index (χ4v) is 2.95. The van der Waals surface area contributed by atoms with Crippen molar-refractivity contribution in [3.63, 3.8) is 0 Å². The first-order chi connectivity index (χ1) is 10.7. The van der Waals surface area contributed by atoms with Gasteiger partial charge in [0.05, 0.1) is 10.6 Å². The van der Waals surface area contributed by atoms with Crippen LogP contribution in [0.25, 0.3) is 0 Å². The number of halogens is 1. The molecular weight excluding hydrogens is 304 g/mol. The summed E-state index contributed by atoms with van der Waals surface area (Å²) < 4.78 is 11.1.